The van der Waals surface area contributed by atoms with Crippen LogP contribution in [0.4, 0.5) is 5.69 Å². The zero-order valence-electron chi connectivity index (χ0n) is 10.8. The van der Waals surface area contributed by atoms with Gasteiger partial charge in [-0.05, 0) is 26.0 Å². The molecule has 7 heteroatoms. The van der Waals surface area contributed by atoms with Crippen LogP contribution in [-0.4, -0.2) is 28.1 Å². The lowest BCUT2D eigenvalue weighted by Crippen LogP contribution is -2.45. The predicted octanol–water partition coefficient (Wildman–Crippen LogP) is 1.47. The summed E-state index contributed by atoms with van der Waals surface area (Å²) in [5, 5.41) is 19.5. The highest BCUT2D eigenvalue weighted by molar-refractivity contribution is 5.77. The maximum atomic E-state index is 10.8. The van der Waals surface area contributed by atoms with E-state index in [2.05, 4.69) is 0 Å². The molecule has 0 aliphatic rings. The Bertz CT molecular complexity index is 499. The van der Waals surface area contributed by atoms with Gasteiger partial charge in [-0.15, -0.1) is 0 Å². The standard InChI is InChI=1S/C12H16N2O5/c1-8-7-9(3-4-10(8)14(17)18)19-6-5-12(2,13)11(15)16/h3-4,7H,5-6,13H2,1-2H3,(H,15,16). The molecule has 1 aromatic rings. The average molecular weight is 268 g/mol. The Morgan fingerprint density at radius 3 is 2.68 bits per heavy atom. The number of nitrogens with two attached hydrogens (primary N) is 1. The van der Waals surface area contributed by atoms with E-state index in [1.165, 1.54) is 25.1 Å². The number of nitro benzene ring substituents is 1. The predicted molar refractivity (Wildman–Crippen MR) is 68.2 cm³/mol. The van der Waals surface area contributed by atoms with E-state index in [1.54, 1.807) is 6.92 Å². The first kappa shape index (κ1) is 14.9. The van der Waals surface area contributed by atoms with Gasteiger partial charge in [0.05, 0.1) is 11.5 Å². The van der Waals surface area contributed by atoms with Gasteiger partial charge in [0.15, 0.2) is 0 Å². The van der Waals surface area contributed by atoms with Crippen LogP contribution in [0, 0.1) is 17.0 Å². The SMILES string of the molecule is Cc1cc(OCCC(C)(N)C(=O)O)ccc1[N+](=O)[O-]. The molecule has 1 rings (SSSR count). The van der Waals surface area contributed by atoms with Crippen LogP contribution in [0.15, 0.2) is 18.2 Å². The van der Waals surface area contributed by atoms with E-state index in [1.807, 2.05) is 0 Å². The second-order valence-corrected chi connectivity index (χ2v) is 4.53. The summed E-state index contributed by atoms with van der Waals surface area (Å²) in [6, 6.07) is 4.36. The first-order valence-electron chi connectivity index (χ1n) is 5.64. The van der Waals surface area contributed by atoms with Crippen molar-refractivity contribution in [2.45, 2.75) is 25.8 Å². The molecular weight excluding hydrogens is 252 g/mol. The van der Waals surface area contributed by atoms with Crippen molar-refractivity contribution in [3.63, 3.8) is 0 Å². The van der Waals surface area contributed by atoms with Crippen molar-refractivity contribution in [1.29, 1.82) is 0 Å². The van der Waals surface area contributed by atoms with Crippen molar-refractivity contribution in [3.8, 4) is 5.75 Å². The Hall–Kier alpha value is -2.15. The van der Waals surface area contributed by atoms with Gasteiger partial charge in [-0.25, -0.2) is 0 Å². The number of rotatable bonds is 6. The highest BCUT2D eigenvalue weighted by Gasteiger charge is 2.27. The number of carboxylic acids is 1. The van der Waals surface area contributed by atoms with Crippen LogP contribution in [0.1, 0.15) is 18.9 Å². The van der Waals surface area contributed by atoms with Crippen molar-refractivity contribution in [3.05, 3.63) is 33.9 Å². The van der Waals surface area contributed by atoms with Gasteiger partial charge in [0.25, 0.3) is 5.69 Å². The van der Waals surface area contributed by atoms with Gasteiger partial charge < -0.3 is 15.6 Å². The van der Waals surface area contributed by atoms with E-state index in [0.29, 0.717) is 11.3 Å². The largest absolute Gasteiger partial charge is 0.493 e. The molecular formula is C12H16N2O5. The van der Waals surface area contributed by atoms with Crippen LogP contribution >= 0.6 is 0 Å². The van der Waals surface area contributed by atoms with Crippen molar-refractivity contribution >= 4 is 11.7 Å². The molecule has 7 nitrogen and oxygen atoms in total. The van der Waals surface area contributed by atoms with Gasteiger partial charge in [-0.3, -0.25) is 14.9 Å². The number of hydrogen-bond acceptors (Lipinski definition) is 5. The molecule has 0 saturated carbocycles. The normalized spacial score (nSPS) is 13.6. The molecule has 0 fully saturated rings. The first-order chi connectivity index (χ1) is 8.74. The molecule has 19 heavy (non-hydrogen) atoms. The van der Waals surface area contributed by atoms with Crippen LogP contribution in [0.25, 0.3) is 0 Å². The molecule has 0 aliphatic carbocycles. The van der Waals surface area contributed by atoms with E-state index >= 15 is 0 Å². The number of benzene rings is 1. The number of aryl methyl sites for hydroxylation is 1. The fourth-order valence-corrected chi connectivity index (χ4v) is 1.41. The number of nitrogens with zero attached hydrogens (tertiary/aromatic N) is 1. The topological polar surface area (TPSA) is 116 Å². The van der Waals surface area contributed by atoms with Gasteiger partial charge in [0, 0.05) is 18.1 Å². The Balaban J connectivity index is 2.63. The van der Waals surface area contributed by atoms with Crippen LogP contribution in [0.3, 0.4) is 0 Å². The molecule has 0 spiro atoms. The zero-order chi connectivity index (χ0) is 14.6. The lowest BCUT2D eigenvalue weighted by Gasteiger charge is -2.19. The van der Waals surface area contributed by atoms with Crippen LogP contribution in [-0.2, 0) is 4.79 Å². The highest BCUT2D eigenvalue weighted by Crippen LogP contribution is 2.23. The van der Waals surface area contributed by atoms with Crippen LogP contribution < -0.4 is 10.5 Å². The third-order valence-electron chi connectivity index (χ3n) is 2.74. The molecule has 0 aliphatic heterocycles. The highest BCUT2D eigenvalue weighted by atomic mass is 16.6. The van der Waals surface area contributed by atoms with Crippen LogP contribution in [0.5, 0.6) is 5.75 Å². The van der Waals surface area contributed by atoms with Gasteiger partial charge in [0.2, 0.25) is 0 Å². The number of nitro groups is 1. The van der Waals surface area contributed by atoms with Gasteiger partial charge in [0.1, 0.15) is 11.3 Å². The second-order valence-electron chi connectivity index (χ2n) is 4.53. The van der Waals surface area contributed by atoms with E-state index in [-0.39, 0.29) is 18.7 Å². The summed E-state index contributed by atoms with van der Waals surface area (Å²) in [6.45, 7) is 3.13. The summed E-state index contributed by atoms with van der Waals surface area (Å²) in [5.41, 5.74) is 4.70. The molecule has 1 unspecified atom stereocenters. The Morgan fingerprint density at radius 1 is 1.58 bits per heavy atom. The summed E-state index contributed by atoms with van der Waals surface area (Å²) >= 11 is 0. The molecule has 0 bridgehead atoms. The summed E-state index contributed by atoms with van der Waals surface area (Å²) < 4.78 is 5.34. The minimum atomic E-state index is -1.35. The van der Waals surface area contributed by atoms with E-state index in [0.717, 1.165) is 0 Å². The summed E-state index contributed by atoms with van der Waals surface area (Å²) in [6.07, 6.45) is 0.137. The molecule has 104 valence electrons. The number of carboxylic acid groups (broad SMARTS) is 1. The van der Waals surface area contributed by atoms with Crippen molar-refractivity contribution in [1.82, 2.24) is 0 Å². The second kappa shape index (κ2) is 5.66. The maximum absolute atomic E-state index is 10.8. The van der Waals surface area contributed by atoms with Gasteiger partial charge >= 0.3 is 5.97 Å². The molecule has 0 amide bonds. The lowest BCUT2D eigenvalue weighted by molar-refractivity contribution is -0.385. The van der Waals surface area contributed by atoms with Crippen molar-refractivity contribution < 1.29 is 19.6 Å². The number of carbonyl (C=O) groups is 1. The average Bonchev–Trinajstić information content (AvgIpc) is 2.28. The third kappa shape index (κ3) is 3.92. The lowest BCUT2D eigenvalue weighted by atomic mass is 10.0. The fraction of sp³-hybridized carbons (Fsp3) is 0.417. The van der Waals surface area contributed by atoms with Crippen molar-refractivity contribution in [2.75, 3.05) is 6.61 Å². The monoisotopic (exact) mass is 268 g/mol. The fourth-order valence-electron chi connectivity index (χ4n) is 1.41. The summed E-state index contributed by atoms with van der Waals surface area (Å²) in [4.78, 5) is 20.9. The minimum Gasteiger partial charge on any atom is -0.493 e. The molecule has 0 saturated heterocycles. The smallest absolute Gasteiger partial charge is 0.323 e. The quantitative estimate of drug-likeness (QED) is 0.596. The number of aliphatic carboxylic acids is 1. The maximum Gasteiger partial charge on any atom is 0.323 e. The molecule has 0 heterocycles. The Kier molecular flexibility index (Phi) is 4.44. The van der Waals surface area contributed by atoms with Crippen LogP contribution in [0.2, 0.25) is 0 Å². The number of ether oxygens (including phenoxy) is 1. The molecule has 3 N–H and O–H groups in total. The minimum absolute atomic E-state index is 0.0153. The Labute approximate surface area is 110 Å². The molecule has 1 aromatic carbocycles. The van der Waals surface area contributed by atoms with Crippen molar-refractivity contribution in [2.24, 2.45) is 5.73 Å². The van der Waals surface area contributed by atoms with Gasteiger partial charge in [-0.1, -0.05) is 0 Å². The van der Waals surface area contributed by atoms with Gasteiger partial charge in [-0.2, -0.15) is 0 Å². The molecule has 1 atom stereocenters. The van der Waals surface area contributed by atoms with E-state index < -0.39 is 16.4 Å². The Morgan fingerprint density at radius 2 is 2.21 bits per heavy atom. The third-order valence-corrected chi connectivity index (χ3v) is 2.74. The molecule has 0 radical (unpaired) electrons. The first-order valence-corrected chi connectivity index (χ1v) is 5.64. The van der Waals surface area contributed by atoms with E-state index in [9.17, 15) is 14.9 Å². The number of hydrogen-bond donors (Lipinski definition) is 2. The van der Waals surface area contributed by atoms with E-state index in [4.69, 9.17) is 15.6 Å². The zero-order valence-corrected chi connectivity index (χ0v) is 10.8. The summed E-state index contributed by atoms with van der Waals surface area (Å²) in [5.74, 6) is -0.653. The summed E-state index contributed by atoms with van der Waals surface area (Å²) in [7, 11) is 0. The molecule has 0 aromatic heterocycles.